The van der Waals surface area contributed by atoms with Crippen LogP contribution in [0.3, 0.4) is 0 Å². The molecule has 1 aromatic heterocycles. The third-order valence-electron chi connectivity index (χ3n) is 2.31. The molecule has 88 valence electrons. The SMILES string of the molecule is Cc1cccc(-n2c(=O)cc(Cl)[nH]c2=O)c1Br. The van der Waals surface area contributed by atoms with Crippen molar-refractivity contribution in [2.24, 2.45) is 0 Å². The lowest BCUT2D eigenvalue weighted by atomic mass is 10.2. The molecule has 1 N–H and O–H groups in total. The van der Waals surface area contributed by atoms with Crippen LogP contribution in [-0.4, -0.2) is 9.55 Å². The maximum Gasteiger partial charge on any atom is 0.334 e. The molecule has 0 aliphatic rings. The summed E-state index contributed by atoms with van der Waals surface area (Å²) in [7, 11) is 0. The third-order valence-corrected chi connectivity index (χ3v) is 3.55. The Kier molecular flexibility index (Phi) is 3.22. The lowest BCUT2D eigenvalue weighted by Crippen LogP contribution is -2.33. The average Bonchev–Trinajstić information content (AvgIpc) is 2.23. The molecule has 0 saturated heterocycles. The average molecular weight is 316 g/mol. The lowest BCUT2D eigenvalue weighted by molar-refractivity contribution is 0.871. The summed E-state index contributed by atoms with van der Waals surface area (Å²) >= 11 is 8.96. The van der Waals surface area contributed by atoms with E-state index in [1.807, 2.05) is 13.0 Å². The van der Waals surface area contributed by atoms with E-state index in [0.717, 1.165) is 16.2 Å². The lowest BCUT2D eigenvalue weighted by Gasteiger charge is -2.08. The van der Waals surface area contributed by atoms with E-state index >= 15 is 0 Å². The minimum Gasteiger partial charge on any atom is -0.297 e. The number of H-pyrrole nitrogens is 1. The molecule has 2 aromatic rings. The number of halogens is 2. The molecule has 0 saturated carbocycles. The van der Waals surface area contributed by atoms with E-state index in [9.17, 15) is 9.59 Å². The van der Waals surface area contributed by atoms with Crippen LogP contribution in [0.2, 0.25) is 5.15 Å². The summed E-state index contributed by atoms with van der Waals surface area (Å²) in [5, 5.41) is 0.0278. The van der Waals surface area contributed by atoms with Crippen molar-refractivity contribution in [2.45, 2.75) is 6.92 Å². The molecule has 1 heterocycles. The number of aromatic nitrogens is 2. The van der Waals surface area contributed by atoms with Crippen LogP contribution >= 0.6 is 27.5 Å². The molecule has 0 amide bonds. The fourth-order valence-corrected chi connectivity index (χ4v) is 2.12. The quantitative estimate of drug-likeness (QED) is 0.821. The van der Waals surface area contributed by atoms with Crippen LogP contribution < -0.4 is 11.2 Å². The maximum atomic E-state index is 11.8. The normalized spacial score (nSPS) is 10.5. The first-order valence-corrected chi connectivity index (χ1v) is 5.95. The zero-order valence-corrected chi connectivity index (χ0v) is 11.2. The number of hydrogen-bond donors (Lipinski definition) is 1. The first kappa shape index (κ1) is 12.1. The molecule has 2 rings (SSSR count). The minimum absolute atomic E-state index is 0.0278. The van der Waals surface area contributed by atoms with Gasteiger partial charge in [-0.15, -0.1) is 0 Å². The van der Waals surface area contributed by atoms with E-state index in [0.29, 0.717) is 10.2 Å². The standard InChI is InChI=1S/C11H8BrClN2O2/c1-6-3-2-4-7(10(6)12)15-9(16)5-8(13)14-11(15)17/h2-5H,1H3,(H,14,17). The van der Waals surface area contributed by atoms with E-state index in [4.69, 9.17) is 11.6 Å². The number of hydrogen-bond acceptors (Lipinski definition) is 2. The predicted octanol–water partition coefficient (Wildman–Crippen LogP) is 2.25. The van der Waals surface area contributed by atoms with Crippen LogP contribution in [0.15, 0.2) is 38.3 Å². The van der Waals surface area contributed by atoms with Gasteiger partial charge in [0.05, 0.1) is 5.69 Å². The van der Waals surface area contributed by atoms with Gasteiger partial charge in [-0.05, 0) is 34.5 Å². The molecule has 0 fully saturated rings. The van der Waals surface area contributed by atoms with Gasteiger partial charge in [0.2, 0.25) is 0 Å². The smallest absolute Gasteiger partial charge is 0.297 e. The molecule has 0 unspecified atom stereocenters. The van der Waals surface area contributed by atoms with Gasteiger partial charge in [0.1, 0.15) is 5.15 Å². The Morgan fingerprint density at radius 1 is 1.35 bits per heavy atom. The van der Waals surface area contributed by atoms with Crippen LogP contribution in [0.4, 0.5) is 0 Å². The summed E-state index contributed by atoms with van der Waals surface area (Å²) in [4.78, 5) is 25.9. The Labute approximate surface area is 110 Å². The highest BCUT2D eigenvalue weighted by Crippen LogP contribution is 2.22. The Bertz CT molecular complexity index is 659. The summed E-state index contributed by atoms with van der Waals surface area (Å²) in [6.45, 7) is 1.88. The highest BCUT2D eigenvalue weighted by molar-refractivity contribution is 9.10. The Morgan fingerprint density at radius 2 is 2.06 bits per heavy atom. The van der Waals surface area contributed by atoms with Gasteiger partial charge >= 0.3 is 5.69 Å². The van der Waals surface area contributed by atoms with Crippen molar-refractivity contribution in [1.82, 2.24) is 9.55 Å². The monoisotopic (exact) mass is 314 g/mol. The third kappa shape index (κ3) is 2.21. The van der Waals surface area contributed by atoms with Gasteiger partial charge in [0, 0.05) is 10.5 Å². The Hall–Kier alpha value is -1.33. The number of benzene rings is 1. The summed E-state index contributed by atoms with van der Waals surface area (Å²) < 4.78 is 1.73. The molecule has 6 heteroatoms. The number of nitrogens with one attached hydrogen (secondary N) is 1. The van der Waals surface area contributed by atoms with Gasteiger partial charge in [-0.25, -0.2) is 9.36 Å². The van der Waals surface area contributed by atoms with Gasteiger partial charge in [-0.2, -0.15) is 0 Å². The number of aryl methyl sites for hydroxylation is 1. The summed E-state index contributed by atoms with van der Waals surface area (Å²) in [5.41, 5.74) is 0.399. The Morgan fingerprint density at radius 3 is 2.71 bits per heavy atom. The molecule has 1 aromatic carbocycles. The Balaban J connectivity index is 2.83. The summed E-state index contributed by atoms with van der Waals surface area (Å²) in [5.74, 6) is 0. The second kappa shape index (κ2) is 4.50. The van der Waals surface area contributed by atoms with Crippen LogP contribution in [0.5, 0.6) is 0 Å². The van der Waals surface area contributed by atoms with Crippen molar-refractivity contribution in [3.8, 4) is 5.69 Å². The molecule has 0 radical (unpaired) electrons. The largest absolute Gasteiger partial charge is 0.334 e. The molecular formula is C11H8BrClN2O2. The fraction of sp³-hybridized carbons (Fsp3) is 0.0909. The number of rotatable bonds is 1. The van der Waals surface area contributed by atoms with Crippen molar-refractivity contribution < 1.29 is 0 Å². The molecule has 0 aliphatic heterocycles. The minimum atomic E-state index is -0.561. The summed E-state index contributed by atoms with van der Waals surface area (Å²) in [6.07, 6.45) is 0. The highest BCUT2D eigenvalue weighted by Gasteiger charge is 2.10. The van der Waals surface area contributed by atoms with E-state index in [1.165, 1.54) is 0 Å². The van der Waals surface area contributed by atoms with Crippen LogP contribution in [-0.2, 0) is 0 Å². The first-order chi connectivity index (χ1) is 8.00. The van der Waals surface area contributed by atoms with Crippen LogP contribution in [0.1, 0.15) is 5.56 Å². The number of aromatic amines is 1. The van der Waals surface area contributed by atoms with E-state index in [2.05, 4.69) is 20.9 Å². The molecule has 0 atom stereocenters. The van der Waals surface area contributed by atoms with Gasteiger partial charge in [-0.1, -0.05) is 23.7 Å². The van der Waals surface area contributed by atoms with E-state index in [1.54, 1.807) is 12.1 Å². The van der Waals surface area contributed by atoms with Gasteiger partial charge in [0.25, 0.3) is 5.56 Å². The molecule has 4 nitrogen and oxygen atoms in total. The van der Waals surface area contributed by atoms with E-state index < -0.39 is 11.2 Å². The first-order valence-electron chi connectivity index (χ1n) is 4.78. The predicted molar refractivity (Wildman–Crippen MR) is 70.1 cm³/mol. The summed E-state index contributed by atoms with van der Waals surface area (Å²) in [6, 6.07) is 6.50. The zero-order valence-electron chi connectivity index (χ0n) is 8.83. The molecule has 0 aliphatic carbocycles. The molecule has 17 heavy (non-hydrogen) atoms. The van der Waals surface area contributed by atoms with Crippen molar-refractivity contribution in [2.75, 3.05) is 0 Å². The van der Waals surface area contributed by atoms with Gasteiger partial charge in [0.15, 0.2) is 0 Å². The van der Waals surface area contributed by atoms with Crippen LogP contribution in [0.25, 0.3) is 5.69 Å². The van der Waals surface area contributed by atoms with Gasteiger partial charge < -0.3 is 0 Å². The zero-order chi connectivity index (χ0) is 12.6. The van der Waals surface area contributed by atoms with Crippen molar-refractivity contribution in [3.05, 3.63) is 60.3 Å². The van der Waals surface area contributed by atoms with Crippen molar-refractivity contribution >= 4 is 27.5 Å². The van der Waals surface area contributed by atoms with Gasteiger partial charge in [-0.3, -0.25) is 9.78 Å². The molecular weight excluding hydrogens is 307 g/mol. The van der Waals surface area contributed by atoms with Crippen molar-refractivity contribution in [3.63, 3.8) is 0 Å². The number of nitrogens with zero attached hydrogens (tertiary/aromatic N) is 1. The second-order valence-corrected chi connectivity index (χ2v) is 4.70. The maximum absolute atomic E-state index is 11.8. The highest BCUT2D eigenvalue weighted by atomic mass is 79.9. The molecule has 0 bridgehead atoms. The second-order valence-electron chi connectivity index (χ2n) is 3.50. The fourth-order valence-electron chi connectivity index (χ4n) is 1.50. The van der Waals surface area contributed by atoms with Crippen molar-refractivity contribution in [1.29, 1.82) is 0 Å². The molecule has 0 spiro atoms. The van der Waals surface area contributed by atoms with Crippen LogP contribution in [0, 0.1) is 6.92 Å². The van der Waals surface area contributed by atoms with E-state index in [-0.39, 0.29) is 5.15 Å². The topological polar surface area (TPSA) is 54.9 Å².